The number of benzene rings is 1. The maximum absolute atomic E-state index is 12.0. The van der Waals surface area contributed by atoms with Crippen LogP contribution < -0.4 is 16.5 Å². The lowest BCUT2D eigenvalue weighted by molar-refractivity contribution is 0.409. The minimum absolute atomic E-state index is 0.0527. The van der Waals surface area contributed by atoms with Gasteiger partial charge in [0.2, 0.25) is 0 Å². The van der Waals surface area contributed by atoms with Gasteiger partial charge in [-0.3, -0.25) is 4.79 Å². The molecule has 100 valence electrons. The van der Waals surface area contributed by atoms with E-state index in [4.69, 9.17) is 5.73 Å². The van der Waals surface area contributed by atoms with Crippen molar-refractivity contribution in [1.82, 2.24) is 4.98 Å². The molecule has 0 bridgehead atoms. The molecule has 2 atom stereocenters. The van der Waals surface area contributed by atoms with Crippen LogP contribution in [0, 0.1) is 0 Å². The summed E-state index contributed by atoms with van der Waals surface area (Å²) in [5, 5.41) is 4.14. The van der Waals surface area contributed by atoms with E-state index >= 15 is 0 Å². The maximum atomic E-state index is 12.0. The fourth-order valence-corrected chi connectivity index (χ4v) is 2.85. The lowest BCUT2D eigenvalue weighted by Gasteiger charge is -2.28. The number of nitrogens with one attached hydrogen (secondary N) is 2. The van der Waals surface area contributed by atoms with Crippen molar-refractivity contribution < 1.29 is 0 Å². The van der Waals surface area contributed by atoms with Crippen LogP contribution >= 0.6 is 0 Å². The average molecular weight is 257 g/mol. The van der Waals surface area contributed by atoms with Gasteiger partial charge in [-0.05, 0) is 37.8 Å². The van der Waals surface area contributed by atoms with E-state index in [-0.39, 0.29) is 11.5 Å². The summed E-state index contributed by atoms with van der Waals surface area (Å²) in [6.07, 6.45) is 4.33. The molecule has 0 aliphatic heterocycles. The largest absolute Gasteiger partial charge is 0.369 e. The maximum Gasteiger partial charge on any atom is 0.191 e. The van der Waals surface area contributed by atoms with Gasteiger partial charge in [0.15, 0.2) is 5.43 Å². The monoisotopic (exact) mass is 257 g/mol. The Morgan fingerprint density at radius 2 is 2.11 bits per heavy atom. The van der Waals surface area contributed by atoms with Gasteiger partial charge in [-0.15, -0.1) is 0 Å². The Morgan fingerprint density at radius 3 is 2.95 bits per heavy atom. The Kier molecular flexibility index (Phi) is 3.25. The molecule has 0 amide bonds. The number of pyridine rings is 1. The number of aromatic amines is 1. The van der Waals surface area contributed by atoms with Crippen LogP contribution in [0.3, 0.4) is 0 Å². The van der Waals surface area contributed by atoms with Crippen molar-refractivity contribution in [2.75, 3.05) is 5.32 Å². The zero-order valence-corrected chi connectivity index (χ0v) is 10.9. The summed E-state index contributed by atoms with van der Waals surface area (Å²) in [4.78, 5) is 15.3. The molecule has 1 heterocycles. The molecular weight excluding hydrogens is 238 g/mol. The summed E-state index contributed by atoms with van der Waals surface area (Å²) in [5.41, 5.74) is 6.91. The topological polar surface area (TPSA) is 70.9 Å². The minimum atomic E-state index is 0.0527. The molecule has 1 aliphatic carbocycles. The number of nitrogens with two attached hydrogens (primary N) is 1. The summed E-state index contributed by atoms with van der Waals surface area (Å²) < 4.78 is 0. The number of para-hydroxylation sites is 1. The molecule has 0 saturated heterocycles. The third-order valence-corrected chi connectivity index (χ3v) is 3.81. The molecular formula is C15H19N3O. The van der Waals surface area contributed by atoms with Crippen LogP contribution in [0.25, 0.3) is 10.9 Å². The molecule has 1 aliphatic rings. The standard InChI is InChI=1S/C15H19N3O/c16-10-4-3-5-11(8-10)17-15-9-14(19)12-6-1-2-7-13(12)18-15/h1-2,6-7,9-11H,3-5,8,16H2,(H2,17,18,19). The molecule has 0 spiro atoms. The lowest BCUT2D eigenvalue weighted by atomic mass is 9.91. The van der Waals surface area contributed by atoms with E-state index in [9.17, 15) is 4.79 Å². The Bertz CT molecular complexity index is 635. The van der Waals surface area contributed by atoms with E-state index < -0.39 is 0 Å². The molecule has 2 unspecified atom stereocenters. The van der Waals surface area contributed by atoms with E-state index in [2.05, 4.69) is 10.3 Å². The Morgan fingerprint density at radius 1 is 1.26 bits per heavy atom. The smallest absolute Gasteiger partial charge is 0.191 e. The predicted octanol–water partition coefficient (Wildman–Crippen LogP) is 2.21. The van der Waals surface area contributed by atoms with Crippen LogP contribution in [-0.4, -0.2) is 17.1 Å². The highest BCUT2D eigenvalue weighted by Gasteiger charge is 2.19. The molecule has 2 aromatic rings. The molecule has 3 rings (SSSR count). The van der Waals surface area contributed by atoms with Crippen LogP contribution in [0.1, 0.15) is 25.7 Å². The van der Waals surface area contributed by atoms with Crippen LogP contribution in [-0.2, 0) is 0 Å². The van der Waals surface area contributed by atoms with Crippen molar-refractivity contribution >= 4 is 16.7 Å². The number of aromatic nitrogens is 1. The molecule has 0 radical (unpaired) electrons. The number of hydrogen-bond donors (Lipinski definition) is 3. The van der Waals surface area contributed by atoms with Gasteiger partial charge in [0.1, 0.15) is 5.82 Å². The Labute approximate surface area is 112 Å². The molecule has 1 aromatic heterocycles. The van der Waals surface area contributed by atoms with Crippen molar-refractivity contribution in [3.05, 3.63) is 40.6 Å². The van der Waals surface area contributed by atoms with Crippen molar-refractivity contribution in [1.29, 1.82) is 0 Å². The van der Waals surface area contributed by atoms with E-state index in [1.54, 1.807) is 6.07 Å². The molecule has 4 heteroatoms. The van der Waals surface area contributed by atoms with E-state index in [0.717, 1.165) is 42.4 Å². The van der Waals surface area contributed by atoms with Crippen molar-refractivity contribution in [2.24, 2.45) is 5.73 Å². The number of anilines is 1. The summed E-state index contributed by atoms with van der Waals surface area (Å²) >= 11 is 0. The first-order valence-corrected chi connectivity index (χ1v) is 6.86. The molecule has 4 nitrogen and oxygen atoms in total. The van der Waals surface area contributed by atoms with Crippen LogP contribution in [0.15, 0.2) is 35.1 Å². The first-order chi connectivity index (χ1) is 9.22. The average Bonchev–Trinajstić information content (AvgIpc) is 2.39. The second-order valence-electron chi connectivity index (χ2n) is 5.36. The number of hydrogen-bond acceptors (Lipinski definition) is 3. The van der Waals surface area contributed by atoms with Gasteiger partial charge >= 0.3 is 0 Å². The first-order valence-electron chi connectivity index (χ1n) is 6.86. The normalized spacial score (nSPS) is 23.4. The summed E-state index contributed by atoms with van der Waals surface area (Å²) in [7, 11) is 0. The van der Waals surface area contributed by atoms with E-state index in [1.165, 1.54) is 0 Å². The van der Waals surface area contributed by atoms with Gasteiger partial charge in [-0.25, -0.2) is 0 Å². The van der Waals surface area contributed by atoms with Crippen LogP contribution in [0.4, 0.5) is 5.82 Å². The highest BCUT2D eigenvalue weighted by atomic mass is 16.1. The highest BCUT2D eigenvalue weighted by molar-refractivity contribution is 5.79. The second kappa shape index (κ2) is 5.05. The predicted molar refractivity (Wildman–Crippen MR) is 78.4 cm³/mol. The minimum Gasteiger partial charge on any atom is -0.369 e. The van der Waals surface area contributed by atoms with E-state index in [0.29, 0.717) is 6.04 Å². The van der Waals surface area contributed by atoms with Crippen molar-refractivity contribution in [2.45, 2.75) is 37.8 Å². The zero-order valence-electron chi connectivity index (χ0n) is 10.9. The third-order valence-electron chi connectivity index (χ3n) is 3.81. The van der Waals surface area contributed by atoms with Gasteiger partial charge in [-0.1, -0.05) is 12.1 Å². The van der Waals surface area contributed by atoms with Gasteiger partial charge in [0.05, 0.1) is 5.52 Å². The van der Waals surface area contributed by atoms with Crippen LogP contribution in [0.5, 0.6) is 0 Å². The fourth-order valence-electron chi connectivity index (χ4n) is 2.85. The lowest BCUT2D eigenvalue weighted by Crippen LogP contribution is -2.35. The van der Waals surface area contributed by atoms with Gasteiger partial charge < -0.3 is 16.0 Å². The Balaban J connectivity index is 1.87. The third kappa shape index (κ3) is 2.63. The summed E-state index contributed by atoms with van der Waals surface area (Å²) in [5.74, 6) is 0.794. The fraction of sp³-hybridized carbons (Fsp3) is 0.400. The molecule has 4 N–H and O–H groups in total. The zero-order chi connectivity index (χ0) is 13.2. The van der Waals surface area contributed by atoms with Crippen molar-refractivity contribution in [3.63, 3.8) is 0 Å². The summed E-state index contributed by atoms with van der Waals surface area (Å²) in [6, 6.07) is 9.86. The van der Waals surface area contributed by atoms with Crippen LogP contribution in [0.2, 0.25) is 0 Å². The quantitative estimate of drug-likeness (QED) is 0.772. The second-order valence-corrected chi connectivity index (χ2v) is 5.36. The molecule has 19 heavy (non-hydrogen) atoms. The summed E-state index contributed by atoms with van der Waals surface area (Å²) in [6.45, 7) is 0. The Hall–Kier alpha value is -1.81. The van der Waals surface area contributed by atoms with Crippen molar-refractivity contribution in [3.8, 4) is 0 Å². The van der Waals surface area contributed by atoms with Gasteiger partial charge in [-0.2, -0.15) is 0 Å². The molecule has 1 aromatic carbocycles. The number of fused-ring (bicyclic) bond motifs is 1. The number of rotatable bonds is 2. The highest BCUT2D eigenvalue weighted by Crippen LogP contribution is 2.20. The van der Waals surface area contributed by atoms with E-state index in [1.807, 2.05) is 24.3 Å². The van der Waals surface area contributed by atoms with Gasteiger partial charge in [0, 0.05) is 23.5 Å². The first kappa shape index (κ1) is 12.2. The number of H-pyrrole nitrogens is 1. The molecule has 1 fully saturated rings. The van der Waals surface area contributed by atoms with Gasteiger partial charge in [0.25, 0.3) is 0 Å². The SMILES string of the molecule is NC1CCCC(Nc2cc(=O)c3ccccc3[nH]2)C1. The molecule has 1 saturated carbocycles.